The van der Waals surface area contributed by atoms with Crippen molar-refractivity contribution >= 4 is 17.5 Å². The number of carbonyl (C=O) groups excluding carboxylic acids is 2. The molecule has 2 amide bonds. The molecule has 7 nitrogen and oxygen atoms in total. The molecule has 0 aliphatic carbocycles. The lowest BCUT2D eigenvalue weighted by molar-refractivity contribution is -0.991. The molecule has 0 radical (unpaired) electrons. The van der Waals surface area contributed by atoms with Crippen molar-refractivity contribution in [3.05, 3.63) is 35.0 Å². The van der Waals surface area contributed by atoms with Gasteiger partial charge in [-0.1, -0.05) is 13.8 Å². The molecule has 0 fully saturated rings. The summed E-state index contributed by atoms with van der Waals surface area (Å²) in [5.41, 5.74) is 4.52. The number of amides is 2. The van der Waals surface area contributed by atoms with Gasteiger partial charge in [0.05, 0.1) is 0 Å². The summed E-state index contributed by atoms with van der Waals surface area (Å²) in [4.78, 5) is 23.6. The van der Waals surface area contributed by atoms with Crippen molar-refractivity contribution in [2.45, 2.75) is 26.3 Å². The summed E-state index contributed by atoms with van der Waals surface area (Å²) in [6, 6.07) is 5.43. The molecule has 7 heteroatoms. The van der Waals surface area contributed by atoms with E-state index in [0.29, 0.717) is 0 Å². The van der Waals surface area contributed by atoms with Crippen LogP contribution in [0.4, 0.5) is 5.69 Å². The first-order valence-corrected chi connectivity index (χ1v) is 6.14. The first-order valence-electron chi connectivity index (χ1n) is 6.14. The van der Waals surface area contributed by atoms with E-state index in [0.717, 1.165) is 0 Å². The van der Waals surface area contributed by atoms with Crippen LogP contribution in [0.15, 0.2) is 24.3 Å². The summed E-state index contributed by atoms with van der Waals surface area (Å²) in [5, 5.41) is 21.0. The fraction of sp³-hybridized carbons (Fsp3) is 0.385. The van der Waals surface area contributed by atoms with E-state index in [4.69, 9.17) is 10.9 Å². The van der Waals surface area contributed by atoms with Crippen molar-refractivity contribution < 1.29 is 20.0 Å². The Labute approximate surface area is 116 Å². The van der Waals surface area contributed by atoms with Crippen LogP contribution in [0.1, 0.15) is 31.1 Å². The number of rotatable bonds is 5. The van der Waals surface area contributed by atoms with Gasteiger partial charge in [-0.15, -0.1) is 0 Å². The maximum absolute atomic E-state index is 12.1. The summed E-state index contributed by atoms with van der Waals surface area (Å²) in [5.74, 6) is -1.28. The zero-order chi connectivity index (χ0) is 15.5. The number of benzene rings is 1. The van der Waals surface area contributed by atoms with Crippen LogP contribution in [-0.4, -0.2) is 22.6 Å². The molecule has 5 N–H and O–H groups in total. The predicted octanol–water partition coefficient (Wildman–Crippen LogP) is -0.280. The molecule has 1 rings (SSSR count). The van der Waals surface area contributed by atoms with Gasteiger partial charge in [-0.3, -0.25) is 9.59 Å². The van der Waals surface area contributed by atoms with Crippen molar-refractivity contribution in [2.24, 2.45) is 11.7 Å². The lowest BCUT2D eigenvalue weighted by Crippen LogP contribution is -2.99. The molecule has 0 aromatic heterocycles. The molecule has 0 saturated carbocycles. The van der Waals surface area contributed by atoms with Crippen molar-refractivity contribution in [1.29, 1.82) is 0 Å². The van der Waals surface area contributed by atoms with Crippen LogP contribution in [0.5, 0.6) is 0 Å². The monoisotopic (exact) mass is 281 g/mol. The fourth-order valence-electron chi connectivity index (χ4n) is 1.56. The smallest absolute Gasteiger partial charge is 0.252 e. The summed E-state index contributed by atoms with van der Waals surface area (Å²) in [6.07, 6.45) is 0. The van der Waals surface area contributed by atoms with Gasteiger partial charge in [0.2, 0.25) is 5.91 Å². The van der Waals surface area contributed by atoms with Crippen molar-refractivity contribution in [1.82, 2.24) is 5.32 Å². The zero-order valence-corrected chi connectivity index (χ0v) is 11.6. The Balaban J connectivity index is 2.93. The largest absolute Gasteiger partial charge is 0.595 e. The molecule has 20 heavy (non-hydrogen) atoms. The molecule has 0 spiro atoms. The van der Waals surface area contributed by atoms with Gasteiger partial charge >= 0.3 is 0 Å². The zero-order valence-electron chi connectivity index (χ0n) is 11.6. The Kier molecular flexibility index (Phi) is 4.83. The molecule has 110 valence electrons. The molecular formula is C13H19N3O4. The quantitative estimate of drug-likeness (QED) is 0.555. The molecule has 1 aromatic rings. The summed E-state index contributed by atoms with van der Waals surface area (Å²) in [6.45, 7) is 5.11. The number of hydrogen-bond donors (Lipinski definition) is 4. The van der Waals surface area contributed by atoms with Crippen LogP contribution in [-0.2, 0) is 4.79 Å². The topological polar surface area (TPSA) is 120 Å². The van der Waals surface area contributed by atoms with Gasteiger partial charge in [0.1, 0.15) is 5.54 Å². The van der Waals surface area contributed by atoms with Gasteiger partial charge in [-0.25, -0.2) is 5.21 Å². The predicted molar refractivity (Wildman–Crippen MR) is 72.1 cm³/mol. The van der Waals surface area contributed by atoms with Gasteiger partial charge in [-0.2, -0.15) is 5.23 Å². The van der Waals surface area contributed by atoms with E-state index in [2.05, 4.69) is 5.32 Å². The van der Waals surface area contributed by atoms with Crippen molar-refractivity contribution in [2.75, 3.05) is 0 Å². The Morgan fingerprint density at radius 2 is 1.85 bits per heavy atom. The molecule has 0 aliphatic rings. The van der Waals surface area contributed by atoms with Crippen molar-refractivity contribution in [3.63, 3.8) is 0 Å². The van der Waals surface area contributed by atoms with Crippen LogP contribution in [0.25, 0.3) is 0 Å². The lowest BCUT2D eigenvalue weighted by Gasteiger charge is -2.31. The van der Waals surface area contributed by atoms with E-state index < -0.39 is 22.6 Å². The number of carbonyl (C=O) groups is 2. The molecule has 0 saturated heterocycles. The van der Waals surface area contributed by atoms with Crippen LogP contribution in [0, 0.1) is 11.1 Å². The van der Waals surface area contributed by atoms with Gasteiger partial charge < -0.3 is 16.3 Å². The van der Waals surface area contributed by atoms with E-state index >= 15 is 0 Å². The van der Waals surface area contributed by atoms with E-state index in [-0.39, 0.29) is 17.2 Å². The third-order valence-electron chi connectivity index (χ3n) is 3.43. The number of quaternary nitrogens is 1. The average Bonchev–Trinajstić information content (AvgIpc) is 2.38. The third-order valence-corrected chi connectivity index (χ3v) is 3.43. The van der Waals surface area contributed by atoms with Gasteiger partial charge in [-0.05, 0) is 25.0 Å². The summed E-state index contributed by atoms with van der Waals surface area (Å²) < 4.78 is 0. The third kappa shape index (κ3) is 3.32. The van der Waals surface area contributed by atoms with E-state index in [1.807, 2.05) is 0 Å². The Bertz CT molecular complexity index is 499. The van der Waals surface area contributed by atoms with Crippen LogP contribution >= 0.6 is 0 Å². The molecule has 0 bridgehead atoms. The highest BCUT2D eigenvalue weighted by molar-refractivity contribution is 5.99. The summed E-state index contributed by atoms with van der Waals surface area (Å²) >= 11 is 0. The second-order valence-corrected chi connectivity index (χ2v) is 5.06. The Morgan fingerprint density at radius 1 is 1.35 bits per heavy atom. The number of nitrogens with two attached hydrogens (primary N) is 1. The van der Waals surface area contributed by atoms with Crippen molar-refractivity contribution in [3.8, 4) is 0 Å². The van der Waals surface area contributed by atoms with Gasteiger partial charge in [0.15, 0.2) is 5.69 Å². The minimum absolute atomic E-state index is 0.0862. The normalized spacial score (nSPS) is 15.5. The maximum atomic E-state index is 12.1. The van der Waals surface area contributed by atoms with Gasteiger partial charge in [0, 0.05) is 17.7 Å². The minimum atomic E-state index is -1.16. The molecule has 0 heterocycles. The lowest BCUT2D eigenvalue weighted by atomic mass is 9.87. The highest BCUT2D eigenvalue weighted by Gasteiger charge is 2.36. The number of primary amides is 1. The van der Waals surface area contributed by atoms with E-state index in [1.165, 1.54) is 24.3 Å². The number of hydrogen-bond acceptors (Lipinski definition) is 4. The minimum Gasteiger partial charge on any atom is -0.595 e. The standard InChI is InChI=1S/C13H19N3O4/c1-8(2)13(3,12(14)18)15-11(17)9-4-6-10(7-5-9)16(19)20/h4-8,16,19H,1-3H3,(H2,14,18)(H,15,17). The van der Waals surface area contributed by atoms with Crippen LogP contribution < -0.4 is 16.3 Å². The second-order valence-electron chi connectivity index (χ2n) is 5.06. The fourth-order valence-corrected chi connectivity index (χ4v) is 1.56. The second kappa shape index (κ2) is 6.00. The Morgan fingerprint density at radius 3 is 2.20 bits per heavy atom. The number of nitrogens with one attached hydrogen (secondary N) is 2. The highest BCUT2D eigenvalue weighted by atomic mass is 16.8. The van der Waals surface area contributed by atoms with E-state index in [9.17, 15) is 14.8 Å². The Hall–Kier alpha value is -1.96. The maximum Gasteiger partial charge on any atom is 0.252 e. The highest BCUT2D eigenvalue weighted by Crippen LogP contribution is 2.17. The molecule has 2 atom stereocenters. The SMILES string of the molecule is CC(C)C(C)(NC(=O)c1ccc([NH+]([O-])O)cc1)C(N)=O. The molecule has 1 aromatic carbocycles. The van der Waals surface area contributed by atoms with Crippen LogP contribution in [0.2, 0.25) is 0 Å². The van der Waals surface area contributed by atoms with Crippen LogP contribution in [0.3, 0.4) is 0 Å². The molecule has 0 aliphatic heterocycles. The first kappa shape index (κ1) is 16.1. The average molecular weight is 281 g/mol. The first-order chi connectivity index (χ1) is 9.18. The van der Waals surface area contributed by atoms with Gasteiger partial charge in [0.25, 0.3) is 5.91 Å². The molecule has 2 unspecified atom stereocenters. The van der Waals surface area contributed by atoms with E-state index in [1.54, 1.807) is 20.8 Å². The summed E-state index contributed by atoms with van der Waals surface area (Å²) in [7, 11) is 0. The molecular weight excluding hydrogens is 262 g/mol.